The largest absolute Gasteiger partial charge is 0.465 e. The van der Waals surface area contributed by atoms with Gasteiger partial charge in [0.05, 0.1) is 43.5 Å². The predicted molar refractivity (Wildman–Crippen MR) is 151 cm³/mol. The number of carbonyl (C=O) groups excluding carboxylic acids is 2. The van der Waals surface area contributed by atoms with Crippen LogP contribution in [0.3, 0.4) is 0 Å². The number of anilines is 2. The lowest BCUT2D eigenvalue weighted by Gasteiger charge is -2.44. The lowest BCUT2D eigenvalue weighted by atomic mass is 9.77. The summed E-state index contributed by atoms with van der Waals surface area (Å²) in [6, 6.07) is 17.6. The molecule has 9 nitrogen and oxygen atoms in total. The van der Waals surface area contributed by atoms with E-state index in [1.165, 1.54) is 7.11 Å². The van der Waals surface area contributed by atoms with Gasteiger partial charge in [0.2, 0.25) is 0 Å². The van der Waals surface area contributed by atoms with E-state index in [-0.39, 0.29) is 0 Å². The molecule has 0 N–H and O–H groups in total. The summed E-state index contributed by atoms with van der Waals surface area (Å²) in [5.74, 6) is 0.284. The standard InChI is InChI=1S/C32H32N2O7/c1-37-17-22-10-12-33(22)20-5-8-25-28(15-20)40-29-16-21(34-13-11-23(34)18-38-2)6-9-26(29)32(25)27-14-19(30(35)39-3)4-7-24(27)31(36)41-32/h4-9,14-16,22-23H,10-13,17-18H2,1-3H3/t22-,23-/m1/s1. The molecular formula is C32H32N2O7. The van der Waals surface area contributed by atoms with E-state index < -0.39 is 17.5 Å². The monoisotopic (exact) mass is 556 g/mol. The van der Waals surface area contributed by atoms with Crippen molar-refractivity contribution < 1.29 is 33.3 Å². The summed E-state index contributed by atoms with van der Waals surface area (Å²) in [4.78, 5) is 30.5. The normalized spacial score (nSPS) is 21.2. The fourth-order valence-electron chi connectivity index (χ4n) is 6.59. The number of hydrogen-bond donors (Lipinski definition) is 0. The first kappa shape index (κ1) is 25.9. The topological polar surface area (TPSA) is 86.8 Å². The quantitative estimate of drug-likeness (QED) is 0.391. The van der Waals surface area contributed by atoms with E-state index in [2.05, 4.69) is 9.80 Å². The average Bonchev–Trinajstić information content (AvgIpc) is 3.24. The van der Waals surface area contributed by atoms with E-state index in [4.69, 9.17) is 23.7 Å². The Morgan fingerprint density at radius 3 is 1.90 bits per heavy atom. The van der Waals surface area contributed by atoms with Gasteiger partial charge >= 0.3 is 11.9 Å². The first-order chi connectivity index (χ1) is 20.0. The third-order valence-electron chi connectivity index (χ3n) is 8.86. The molecule has 2 saturated heterocycles. The molecule has 0 aliphatic carbocycles. The molecular weight excluding hydrogens is 524 g/mol. The van der Waals surface area contributed by atoms with Crippen LogP contribution in [-0.2, 0) is 24.5 Å². The van der Waals surface area contributed by atoms with Crippen molar-refractivity contribution in [3.8, 4) is 11.5 Å². The highest BCUT2D eigenvalue weighted by molar-refractivity contribution is 5.99. The van der Waals surface area contributed by atoms with Gasteiger partial charge in [0.15, 0.2) is 5.60 Å². The van der Waals surface area contributed by atoms with Crippen LogP contribution in [0, 0.1) is 0 Å². The molecule has 4 aliphatic rings. The van der Waals surface area contributed by atoms with Crippen molar-refractivity contribution in [3.05, 3.63) is 82.4 Å². The number of fused-ring (bicyclic) bond motifs is 6. The number of methoxy groups -OCH3 is 3. The van der Waals surface area contributed by atoms with Gasteiger partial charge in [-0.25, -0.2) is 9.59 Å². The second-order valence-electron chi connectivity index (χ2n) is 11.0. The summed E-state index contributed by atoms with van der Waals surface area (Å²) in [6.45, 7) is 3.14. The van der Waals surface area contributed by atoms with Crippen LogP contribution in [0.4, 0.5) is 11.4 Å². The first-order valence-corrected chi connectivity index (χ1v) is 13.9. The zero-order chi connectivity index (χ0) is 28.3. The van der Waals surface area contributed by atoms with E-state index >= 15 is 0 Å². The van der Waals surface area contributed by atoms with E-state index in [1.807, 2.05) is 36.4 Å². The zero-order valence-electron chi connectivity index (χ0n) is 23.3. The smallest absolute Gasteiger partial charge is 0.340 e. The van der Waals surface area contributed by atoms with Crippen molar-refractivity contribution >= 4 is 23.3 Å². The van der Waals surface area contributed by atoms with Crippen molar-refractivity contribution in [3.63, 3.8) is 0 Å². The van der Waals surface area contributed by atoms with Gasteiger partial charge in [-0.15, -0.1) is 0 Å². The van der Waals surface area contributed by atoms with Gasteiger partial charge < -0.3 is 33.5 Å². The van der Waals surface area contributed by atoms with Crippen molar-refractivity contribution in [1.29, 1.82) is 0 Å². The maximum absolute atomic E-state index is 13.4. The van der Waals surface area contributed by atoms with E-state index in [0.29, 0.717) is 64.6 Å². The van der Waals surface area contributed by atoms with Crippen LogP contribution in [0.15, 0.2) is 54.6 Å². The lowest BCUT2D eigenvalue weighted by molar-refractivity contribution is 0.0224. The van der Waals surface area contributed by atoms with Gasteiger partial charge in [0, 0.05) is 67.5 Å². The molecule has 0 saturated carbocycles. The molecule has 0 bridgehead atoms. The first-order valence-electron chi connectivity index (χ1n) is 13.9. The summed E-state index contributed by atoms with van der Waals surface area (Å²) < 4.78 is 28.8. The maximum Gasteiger partial charge on any atom is 0.340 e. The fourth-order valence-corrected chi connectivity index (χ4v) is 6.59. The van der Waals surface area contributed by atoms with Crippen LogP contribution in [-0.4, -0.2) is 71.7 Å². The molecule has 4 heterocycles. The van der Waals surface area contributed by atoms with Gasteiger partial charge in [-0.05, 0) is 55.3 Å². The van der Waals surface area contributed by atoms with Crippen LogP contribution >= 0.6 is 0 Å². The van der Waals surface area contributed by atoms with Gasteiger partial charge in [-0.1, -0.05) is 0 Å². The Labute approximate surface area is 238 Å². The molecule has 0 aromatic heterocycles. The number of nitrogens with zero attached hydrogens (tertiary/aromatic N) is 2. The van der Waals surface area contributed by atoms with Crippen molar-refractivity contribution in [2.75, 3.05) is 57.4 Å². The fraction of sp³-hybridized carbons (Fsp3) is 0.375. The Bertz CT molecular complexity index is 1480. The SMILES string of the molecule is COC[C@H]1CCN1c1ccc2c(c1)Oc1cc(N3CC[C@@H]3COC)ccc1C21OC(=O)c2ccc(C(=O)OC)cc21. The maximum atomic E-state index is 13.4. The molecule has 9 heteroatoms. The molecule has 0 amide bonds. The molecule has 3 aromatic rings. The summed E-state index contributed by atoms with van der Waals surface area (Å²) in [7, 11) is 4.78. The summed E-state index contributed by atoms with van der Waals surface area (Å²) in [5, 5.41) is 0. The van der Waals surface area contributed by atoms with Gasteiger partial charge in [-0.2, -0.15) is 0 Å². The van der Waals surface area contributed by atoms with Crippen LogP contribution in [0.1, 0.15) is 50.2 Å². The molecule has 212 valence electrons. The zero-order valence-corrected chi connectivity index (χ0v) is 23.3. The molecule has 7 rings (SSSR count). The molecule has 2 fully saturated rings. The number of ether oxygens (including phenoxy) is 5. The lowest BCUT2D eigenvalue weighted by Crippen LogP contribution is -2.50. The van der Waals surface area contributed by atoms with Crippen LogP contribution in [0.2, 0.25) is 0 Å². The number of rotatable bonds is 7. The van der Waals surface area contributed by atoms with Crippen LogP contribution in [0.5, 0.6) is 11.5 Å². The number of carbonyl (C=O) groups is 2. The van der Waals surface area contributed by atoms with Gasteiger partial charge in [-0.3, -0.25) is 0 Å². The Morgan fingerprint density at radius 2 is 1.41 bits per heavy atom. The summed E-state index contributed by atoms with van der Waals surface area (Å²) in [6.07, 6.45) is 2.11. The third-order valence-corrected chi connectivity index (χ3v) is 8.86. The Morgan fingerprint density at radius 1 is 0.829 bits per heavy atom. The predicted octanol–water partition coefficient (Wildman–Crippen LogP) is 4.49. The minimum absolute atomic E-state index is 0.297. The Kier molecular flexibility index (Phi) is 6.17. The molecule has 1 spiro atoms. The van der Waals surface area contributed by atoms with Crippen LogP contribution < -0.4 is 14.5 Å². The van der Waals surface area contributed by atoms with Crippen molar-refractivity contribution in [2.24, 2.45) is 0 Å². The number of hydrogen-bond acceptors (Lipinski definition) is 9. The van der Waals surface area contributed by atoms with Crippen LogP contribution in [0.25, 0.3) is 0 Å². The minimum atomic E-state index is -1.28. The molecule has 41 heavy (non-hydrogen) atoms. The van der Waals surface area contributed by atoms with Gasteiger partial charge in [0.1, 0.15) is 11.5 Å². The van der Waals surface area contributed by atoms with Gasteiger partial charge in [0.25, 0.3) is 0 Å². The Balaban J connectivity index is 1.39. The second kappa shape index (κ2) is 9.78. The highest BCUT2D eigenvalue weighted by Gasteiger charge is 2.54. The highest BCUT2D eigenvalue weighted by atomic mass is 16.6. The molecule has 4 aliphatic heterocycles. The van der Waals surface area contributed by atoms with Crippen molar-refractivity contribution in [2.45, 2.75) is 30.5 Å². The summed E-state index contributed by atoms with van der Waals surface area (Å²) in [5.41, 5.74) is 3.52. The third kappa shape index (κ3) is 3.83. The highest BCUT2D eigenvalue weighted by Crippen LogP contribution is 2.57. The van der Waals surface area contributed by atoms with E-state index in [9.17, 15) is 9.59 Å². The Hall–Kier alpha value is -4.08. The second-order valence-corrected chi connectivity index (χ2v) is 11.0. The average molecular weight is 557 g/mol. The number of benzene rings is 3. The molecule has 0 unspecified atom stereocenters. The molecule has 3 aromatic carbocycles. The number of esters is 2. The molecule has 0 radical (unpaired) electrons. The summed E-state index contributed by atoms with van der Waals surface area (Å²) >= 11 is 0. The minimum Gasteiger partial charge on any atom is -0.465 e. The van der Waals surface area contributed by atoms with E-state index in [1.54, 1.807) is 32.4 Å². The van der Waals surface area contributed by atoms with E-state index in [0.717, 1.165) is 37.3 Å². The van der Waals surface area contributed by atoms with Crippen molar-refractivity contribution in [1.82, 2.24) is 0 Å². The molecule has 2 atom stereocenters.